The first-order valence-corrected chi connectivity index (χ1v) is 14.6. The van der Waals surface area contributed by atoms with E-state index < -0.39 is 0 Å². The summed E-state index contributed by atoms with van der Waals surface area (Å²) in [6, 6.07) is 24.2. The Morgan fingerprint density at radius 3 is 2.13 bits per heavy atom. The number of ether oxygens (including phenoxy) is 3. The van der Waals surface area contributed by atoms with E-state index in [0.29, 0.717) is 31.1 Å². The monoisotopic (exact) mass is 563 g/mol. The van der Waals surface area contributed by atoms with Gasteiger partial charge in [-0.15, -0.1) is 23.5 Å². The minimum atomic E-state index is -0.377. The second-order valence-electron chi connectivity index (χ2n) is 8.79. The standard InChI is InChI=1S/C31H33NO5S2/c1-4-37-29(34)17-11-12-18-32-28(33)20-22-19-26(35-2)27(36-3)21-25(22)30(32)31(38-23-13-7-5-8-14-23)39-24-15-9-6-10-16-24/h5-11,13-17,19,21,30-31H,4,12,18,20H2,1-3H3/b17-11+. The minimum Gasteiger partial charge on any atom is -0.493 e. The van der Waals surface area contributed by atoms with Gasteiger partial charge in [-0.1, -0.05) is 42.5 Å². The van der Waals surface area contributed by atoms with Crippen molar-refractivity contribution in [1.82, 2.24) is 4.90 Å². The Bertz CT molecular complexity index is 1240. The lowest BCUT2D eigenvalue weighted by Gasteiger charge is -2.41. The number of fused-ring (bicyclic) bond motifs is 1. The van der Waals surface area contributed by atoms with E-state index in [4.69, 9.17) is 14.2 Å². The molecule has 0 aromatic heterocycles. The van der Waals surface area contributed by atoms with Crippen LogP contribution in [0.25, 0.3) is 0 Å². The Morgan fingerprint density at radius 2 is 1.56 bits per heavy atom. The molecule has 0 radical (unpaired) electrons. The van der Waals surface area contributed by atoms with Gasteiger partial charge in [-0.05, 0) is 60.9 Å². The highest BCUT2D eigenvalue weighted by Crippen LogP contribution is 2.49. The van der Waals surface area contributed by atoms with E-state index in [1.807, 2.05) is 53.4 Å². The summed E-state index contributed by atoms with van der Waals surface area (Å²) in [6.45, 7) is 2.57. The molecule has 39 heavy (non-hydrogen) atoms. The fraction of sp³-hybridized carbons (Fsp3) is 0.290. The molecule has 4 rings (SSSR count). The van der Waals surface area contributed by atoms with Crippen LogP contribution in [-0.4, -0.2) is 48.7 Å². The van der Waals surface area contributed by atoms with Crippen molar-refractivity contribution in [3.8, 4) is 11.5 Å². The minimum absolute atomic E-state index is 0.0385. The van der Waals surface area contributed by atoms with Crippen LogP contribution in [0.15, 0.2) is 94.7 Å². The van der Waals surface area contributed by atoms with E-state index in [9.17, 15) is 9.59 Å². The SMILES string of the molecule is CCOC(=O)/C=C/CCN1C(=O)Cc2cc(OC)c(OC)cc2C1C(Sc1ccccc1)Sc1ccccc1. The molecule has 0 saturated carbocycles. The zero-order chi connectivity index (χ0) is 27.6. The number of hydrogen-bond acceptors (Lipinski definition) is 7. The quantitative estimate of drug-likeness (QED) is 0.107. The van der Waals surface area contributed by atoms with E-state index in [-0.39, 0.29) is 28.9 Å². The van der Waals surface area contributed by atoms with Crippen molar-refractivity contribution >= 4 is 35.4 Å². The van der Waals surface area contributed by atoms with Crippen LogP contribution in [0.4, 0.5) is 0 Å². The molecule has 1 aliphatic rings. The van der Waals surface area contributed by atoms with Gasteiger partial charge < -0.3 is 19.1 Å². The maximum absolute atomic E-state index is 13.7. The molecule has 3 aromatic rings. The van der Waals surface area contributed by atoms with Gasteiger partial charge in [-0.3, -0.25) is 4.79 Å². The van der Waals surface area contributed by atoms with Crippen LogP contribution in [0.3, 0.4) is 0 Å². The number of rotatable bonds is 12. The third kappa shape index (κ3) is 7.40. The average Bonchev–Trinajstić information content (AvgIpc) is 2.95. The molecule has 1 amide bonds. The highest BCUT2D eigenvalue weighted by atomic mass is 32.2. The number of nitrogens with zero attached hydrogens (tertiary/aromatic N) is 1. The van der Waals surface area contributed by atoms with E-state index >= 15 is 0 Å². The maximum Gasteiger partial charge on any atom is 0.330 e. The van der Waals surface area contributed by atoms with E-state index in [1.54, 1.807) is 50.7 Å². The lowest BCUT2D eigenvalue weighted by atomic mass is 9.92. The normalized spacial score (nSPS) is 14.9. The number of benzene rings is 3. The van der Waals surface area contributed by atoms with Crippen molar-refractivity contribution in [3.63, 3.8) is 0 Å². The Kier molecular flexibility index (Phi) is 10.4. The molecule has 1 heterocycles. The highest BCUT2D eigenvalue weighted by Gasteiger charge is 2.39. The molecule has 6 nitrogen and oxygen atoms in total. The first-order chi connectivity index (χ1) is 19.0. The predicted octanol–water partition coefficient (Wildman–Crippen LogP) is 6.55. The van der Waals surface area contributed by atoms with Gasteiger partial charge in [-0.2, -0.15) is 0 Å². The summed E-state index contributed by atoms with van der Waals surface area (Å²) in [5.74, 6) is 0.900. The molecular weight excluding hydrogens is 530 g/mol. The fourth-order valence-electron chi connectivity index (χ4n) is 4.51. The number of hydrogen-bond donors (Lipinski definition) is 0. The van der Waals surface area contributed by atoms with Crippen LogP contribution >= 0.6 is 23.5 Å². The van der Waals surface area contributed by atoms with Gasteiger partial charge in [-0.25, -0.2) is 4.79 Å². The summed E-state index contributed by atoms with van der Waals surface area (Å²) in [4.78, 5) is 29.7. The van der Waals surface area contributed by atoms with Crippen molar-refractivity contribution in [1.29, 1.82) is 0 Å². The van der Waals surface area contributed by atoms with Crippen LogP contribution in [0, 0.1) is 0 Å². The first-order valence-electron chi connectivity index (χ1n) is 12.8. The Balaban J connectivity index is 1.76. The second kappa shape index (κ2) is 14.1. The van der Waals surface area contributed by atoms with Gasteiger partial charge in [0.15, 0.2) is 11.5 Å². The molecule has 8 heteroatoms. The number of carbonyl (C=O) groups is 2. The molecule has 1 atom stereocenters. The van der Waals surface area contributed by atoms with Crippen molar-refractivity contribution in [2.45, 2.75) is 40.2 Å². The zero-order valence-corrected chi connectivity index (χ0v) is 24.0. The number of esters is 1. The lowest BCUT2D eigenvalue weighted by molar-refractivity contribution is -0.137. The van der Waals surface area contributed by atoms with Crippen molar-refractivity contribution in [2.75, 3.05) is 27.4 Å². The van der Waals surface area contributed by atoms with E-state index in [1.165, 1.54) is 6.08 Å². The lowest BCUT2D eigenvalue weighted by Crippen LogP contribution is -2.44. The third-order valence-corrected chi connectivity index (χ3v) is 8.93. The molecule has 0 bridgehead atoms. The van der Waals surface area contributed by atoms with Gasteiger partial charge in [0, 0.05) is 22.4 Å². The first kappa shape index (κ1) is 28.6. The molecule has 0 saturated heterocycles. The molecule has 0 fully saturated rings. The summed E-state index contributed by atoms with van der Waals surface area (Å²) >= 11 is 3.48. The Labute approximate surface area is 238 Å². The van der Waals surface area contributed by atoms with Crippen LogP contribution in [0.2, 0.25) is 0 Å². The molecule has 0 N–H and O–H groups in total. The van der Waals surface area contributed by atoms with E-state index in [2.05, 4.69) is 24.3 Å². The molecule has 3 aromatic carbocycles. The molecule has 0 aliphatic carbocycles. The van der Waals surface area contributed by atoms with Crippen LogP contribution in [0.5, 0.6) is 11.5 Å². The van der Waals surface area contributed by atoms with Crippen LogP contribution in [0.1, 0.15) is 30.5 Å². The number of carbonyl (C=O) groups excluding carboxylic acids is 2. The molecule has 1 aliphatic heterocycles. The van der Waals surface area contributed by atoms with Gasteiger partial charge in [0.05, 0.1) is 37.9 Å². The van der Waals surface area contributed by atoms with Gasteiger partial charge in [0.2, 0.25) is 5.91 Å². The van der Waals surface area contributed by atoms with E-state index in [0.717, 1.165) is 20.9 Å². The smallest absolute Gasteiger partial charge is 0.330 e. The Hall–Kier alpha value is -3.36. The predicted molar refractivity (Wildman–Crippen MR) is 156 cm³/mol. The van der Waals surface area contributed by atoms with Crippen LogP contribution < -0.4 is 9.47 Å². The molecule has 0 spiro atoms. The van der Waals surface area contributed by atoms with Crippen molar-refractivity contribution in [2.24, 2.45) is 0 Å². The zero-order valence-electron chi connectivity index (χ0n) is 22.4. The molecule has 1 unspecified atom stereocenters. The van der Waals surface area contributed by atoms with Crippen molar-refractivity contribution < 1.29 is 23.8 Å². The maximum atomic E-state index is 13.7. The number of amides is 1. The largest absolute Gasteiger partial charge is 0.493 e. The number of thioether (sulfide) groups is 2. The average molecular weight is 564 g/mol. The summed E-state index contributed by atoms with van der Waals surface area (Å²) in [7, 11) is 3.23. The third-order valence-electron chi connectivity index (χ3n) is 6.29. The highest BCUT2D eigenvalue weighted by molar-refractivity contribution is 8.17. The fourth-order valence-corrected chi connectivity index (χ4v) is 7.38. The summed E-state index contributed by atoms with van der Waals surface area (Å²) in [5, 5.41) is 0. The topological polar surface area (TPSA) is 65.1 Å². The summed E-state index contributed by atoms with van der Waals surface area (Å²) < 4.78 is 16.2. The second-order valence-corrected chi connectivity index (χ2v) is 11.5. The van der Waals surface area contributed by atoms with Gasteiger partial charge >= 0.3 is 5.97 Å². The van der Waals surface area contributed by atoms with Gasteiger partial charge in [0.25, 0.3) is 0 Å². The molecule has 204 valence electrons. The van der Waals surface area contributed by atoms with Crippen LogP contribution in [-0.2, 0) is 20.7 Å². The molecular formula is C31H33NO5S2. The number of methoxy groups -OCH3 is 2. The summed E-state index contributed by atoms with van der Waals surface area (Å²) in [6.07, 6.45) is 4.01. The van der Waals surface area contributed by atoms with Crippen molar-refractivity contribution in [3.05, 3.63) is 96.1 Å². The summed E-state index contributed by atoms with van der Waals surface area (Å²) in [5.41, 5.74) is 1.98. The Morgan fingerprint density at radius 1 is 0.974 bits per heavy atom. The van der Waals surface area contributed by atoms with Gasteiger partial charge in [0.1, 0.15) is 0 Å².